The molecule has 4 heterocycles. The van der Waals surface area contributed by atoms with Crippen LogP contribution >= 0.6 is 0 Å². The molecule has 5 atom stereocenters. The van der Waals surface area contributed by atoms with E-state index in [1.807, 2.05) is 41.3 Å². The fourth-order valence-corrected chi connectivity index (χ4v) is 5.86. The molecule has 2 aromatic heterocycles. The Morgan fingerprint density at radius 3 is 2.35 bits per heavy atom. The molecule has 2 aliphatic heterocycles. The molecule has 0 spiro atoms. The highest BCUT2D eigenvalue weighted by Crippen LogP contribution is 2.34. The first kappa shape index (κ1) is 28.8. The van der Waals surface area contributed by atoms with Crippen LogP contribution in [0.25, 0.3) is 11.2 Å². The molecule has 0 radical (unpaired) electrons. The maximum absolute atomic E-state index is 11.6. The van der Waals surface area contributed by atoms with E-state index in [-0.39, 0.29) is 12.0 Å². The van der Waals surface area contributed by atoms with E-state index in [2.05, 4.69) is 34.6 Å². The molecule has 13 heteroatoms. The zero-order valence-electron chi connectivity index (χ0n) is 23.6. The quantitative estimate of drug-likeness (QED) is 0.193. The number of aliphatic hydroxyl groups is 3. The highest BCUT2D eigenvalue weighted by atomic mass is 16.6. The Morgan fingerprint density at radius 2 is 1.74 bits per heavy atom. The minimum absolute atomic E-state index is 0.00113. The predicted molar refractivity (Wildman–Crippen MR) is 158 cm³/mol. The van der Waals surface area contributed by atoms with E-state index in [1.54, 1.807) is 7.05 Å². The van der Waals surface area contributed by atoms with Crippen LogP contribution in [-0.2, 0) is 4.74 Å². The molecule has 2 saturated heterocycles. The van der Waals surface area contributed by atoms with Crippen LogP contribution in [0.4, 0.5) is 16.6 Å². The molecule has 0 aliphatic carbocycles. The number of benzene rings is 2. The van der Waals surface area contributed by atoms with Crippen molar-refractivity contribution in [2.45, 2.75) is 42.9 Å². The SMILES string of the molecule is CN(C(=O)O)C1CCN(c2nc(NCC(c3ccccc3)c3ccccc3)c3ncn([C@@H]4O[C@H](CO)[C@@H](O)[C@H]4O)c3n2)C1. The van der Waals surface area contributed by atoms with Gasteiger partial charge < -0.3 is 40.3 Å². The molecule has 1 unspecified atom stereocenters. The van der Waals surface area contributed by atoms with E-state index in [9.17, 15) is 25.2 Å². The largest absolute Gasteiger partial charge is 0.465 e. The topological polar surface area (TPSA) is 169 Å². The summed E-state index contributed by atoms with van der Waals surface area (Å²) in [4.78, 5) is 29.0. The van der Waals surface area contributed by atoms with Crippen LogP contribution in [-0.4, -0.2) is 109 Å². The zero-order chi connectivity index (χ0) is 30.1. The fraction of sp³-hybridized carbons (Fsp3) is 0.400. The Bertz CT molecular complexity index is 1520. The van der Waals surface area contributed by atoms with Gasteiger partial charge in [-0.3, -0.25) is 4.57 Å². The van der Waals surface area contributed by atoms with E-state index in [0.29, 0.717) is 49.0 Å². The lowest BCUT2D eigenvalue weighted by Crippen LogP contribution is -2.38. The number of nitrogens with zero attached hydrogens (tertiary/aromatic N) is 6. The van der Waals surface area contributed by atoms with Crippen LogP contribution in [0.1, 0.15) is 29.7 Å². The Hall–Kier alpha value is -4.30. The molecule has 2 fully saturated rings. The van der Waals surface area contributed by atoms with Gasteiger partial charge in [0, 0.05) is 32.6 Å². The number of aromatic nitrogens is 4. The van der Waals surface area contributed by atoms with Crippen LogP contribution in [0, 0.1) is 0 Å². The summed E-state index contributed by atoms with van der Waals surface area (Å²) in [5.74, 6) is 0.844. The van der Waals surface area contributed by atoms with Gasteiger partial charge in [0.1, 0.15) is 18.3 Å². The van der Waals surface area contributed by atoms with Crippen LogP contribution in [0.15, 0.2) is 67.0 Å². The Labute approximate surface area is 248 Å². The second kappa shape index (κ2) is 12.1. The summed E-state index contributed by atoms with van der Waals surface area (Å²) in [6.07, 6.45) is -3.49. The number of carbonyl (C=O) groups is 1. The third-order valence-corrected chi connectivity index (χ3v) is 8.37. The van der Waals surface area contributed by atoms with Gasteiger partial charge in [-0.25, -0.2) is 9.78 Å². The third kappa shape index (κ3) is 5.59. The zero-order valence-corrected chi connectivity index (χ0v) is 23.6. The van der Waals surface area contributed by atoms with Gasteiger partial charge in [0.2, 0.25) is 5.95 Å². The van der Waals surface area contributed by atoms with Gasteiger partial charge in [0.15, 0.2) is 23.2 Å². The number of hydrogen-bond acceptors (Lipinski definition) is 10. The van der Waals surface area contributed by atoms with Gasteiger partial charge in [-0.2, -0.15) is 9.97 Å². The van der Waals surface area contributed by atoms with Crippen molar-refractivity contribution in [2.75, 3.05) is 43.5 Å². The lowest BCUT2D eigenvalue weighted by molar-refractivity contribution is -0.0511. The number of rotatable bonds is 9. The summed E-state index contributed by atoms with van der Waals surface area (Å²) in [6, 6.07) is 20.1. The molecular weight excluding hydrogens is 554 g/mol. The standard InChI is InChI=1S/C30H35N7O6/c1-35(30(41)42)20-12-13-36(15-20)29-33-26(31-14-21(18-8-4-2-5-9-18)19-10-6-3-7-11-19)23-27(34-29)37(17-32-23)28-25(40)24(39)22(16-38)43-28/h2-11,17,20-22,24-25,28,38-40H,12-16H2,1H3,(H,41,42)(H,31,33,34)/t20?,22-,24-,25-,28-/m1/s1. The molecular formula is C30H35N7O6. The number of hydrogen-bond donors (Lipinski definition) is 5. The van der Waals surface area contributed by atoms with E-state index in [0.717, 1.165) is 11.1 Å². The average molecular weight is 590 g/mol. The van der Waals surface area contributed by atoms with Crippen molar-refractivity contribution in [2.24, 2.45) is 0 Å². The first-order chi connectivity index (χ1) is 20.9. The number of aliphatic hydroxyl groups excluding tert-OH is 3. The third-order valence-electron chi connectivity index (χ3n) is 8.37. The lowest BCUT2D eigenvalue weighted by Gasteiger charge is -2.23. The van der Waals surface area contributed by atoms with Gasteiger partial charge in [0.05, 0.1) is 19.0 Å². The monoisotopic (exact) mass is 589 g/mol. The molecule has 0 saturated carbocycles. The van der Waals surface area contributed by atoms with Crippen molar-refractivity contribution in [3.8, 4) is 0 Å². The molecule has 43 heavy (non-hydrogen) atoms. The number of carboxylic acid groups (broad SMARTS) is 1. The van der Waals surface area contributed by atoms with Gasteiger partial charge >= 0.3 is 6.09 Å². The molecule has 4 aromatic rings. The maximum Gasteiger partial charge on any atom is 0.407 e. The van der Waals surface area contributed by atoms with Crippen molar-refractivity contribution in [1.29, 1.82) is 0 Å². The van der Waals surface area contributed by atoms with Gasteiger partial charge in [-0.15, -0.1) is 0 Å². The Balaban J connectivity index is 1.37. The van der Waals surface area contributed by atoms with Gasteiger partial charge in [-0.05, 0) is 17.5 Å². The van der Waals surface area contributed by atoms with E-state index < -0.39 is 37.2 Å². The van der Waals surface area contributed by atoms with E-state index in [1.165, 1.54) is 15.8 Å². The van der Waals surface area contributed by atoms with Crippen LogP contribution in [0.2, 0.25) is 0 Å². The normalized spacial score (nSPS) is 23.7. The van der Waals surface area contributed by atoms with Crippen molar-refractivity contribution in [3.63, 3.8) is 0 Å². The highest BCUT2D eigenvalue weighted by Gasteiger charge is 2.44. The van der Waals surface area contributed by atoms with Gasteiger partial charge in [0.25, 0.3) is 0 Å². The summed E-state index contributed by atoms with van der Waals surface area (Å²) in [5.41, 5.74) is 3.07. The number of fused-ring (bicyclic) bond motifs is 1. The molecule has 13 nitrogen and oxygen atoms in total. The fourth-order valence-electron chi connectivity index (χ4n) is 5.86. The molecule has 1 amide bonds. The molecule has 6 rings (SSSR count). The first-order valence-corrected chi connectivity index (χ1v) is 14.3. The molecule has 226 valence electrons. The smallest absolute Gasteiger partial charge is 0.407 e. The minimum atomic E-state index is -1.31. The number of ether oxygens (including phenoxy) is 1. The summed E-state index contributed by atoms with van der Waals surface area (Å²) in [6.45, 7) is 0.990. The Kier molecular flexibility index (Phi) is 8.13. The second-order valence-corrected chi connectivity index (χ2v) is 11.0. The minimum Gasteiger partial charge on any atom is -0.465 e. The molecule has 2 aliphatic rings. The van der Waals surface area contributed by atoms with Crippen LogP contribution in [0.5, 0.6) is 0 Å². The first-order valence-electron chi connectivity index (χ1n) is 14.3. The number of amides is 1. The van der Waals surface area contributed by atoms with Crippen LogP contribution < -0.4 is 10.2 Å². The second-order valence-electron chi connectivity index (χ2n) is 11.0. The van der Waals surface area contributed by atoms with Crippen LogP contribution in [0.3, 0.4) is 0 Å². The van der Waals surface area contributed by atoms with Crippen molar-refractivity contribution < 1.29 is 30.0 Å². The number of imidazole rings is 1. The predicted octanol–water partition coefficient (Wildman–Crippen LogP) is 1.87. The van der Waals surface area contributed by atoms with E-state index in [4.69, 9.17) is 14.7 Å². The summed E-state index contributed by atoms with van der Waals surface area (Å²) in [5, 5.41) is 43.8. The van der Waals surface area contributed by atoms with Gasteiger partial charge in [-0.1, -0.05) is 60.7 Å². The van der Waals surface area contributed by atoms with Crippen molar-refractivity contribution >= 4 is 29.0 Å². The lowest BCUT2D eigenvalue weighted by atomic mass is 9.91. The maximum atomic E-state index is 11.6. The van der Waals surface area contributed by atoms with Crippen molar-refractivity contribution in [1.82, 2.24) is 24.4 Å². The summed E-state index contributed by atoms with van der Waals surface area (Å²) < 4.78 is 7.33. The molecule has 2 aromatic carbocycles. The number of nitrogens with one attached hydrogen (secondary N) is 1. The number of anilines is 2. The van der Waals surface area contributed by atoms with E-state index >= 15 is 0 Å². The summed E-state index contributed by atoms with van der Waals surface area (Å²) in [7, 11) is 1.55. The Morgan fingerprint density at radius 1 is 1.07 bits per heavy atom. The number of likely N-dealkylation sites (N-methyl/N-ethyl adjacent to an activating group) is 1. The molecule has 0 bridgehead atoms. The van der Waals surface area contributed by atoms with Crippen molar-refractivity contribution in [3.05, 3.63) is 78.1 Å². The highest BCUT2D eigenvalue weighted by molar-refractivity contribution is 5.84. The summed E-state index contributed by atoms with van der Waals surface area (Å²) >= 11 is 0. The average Bonchev–Trinajstić information content (AvgIpc) is 3.76. The molecule has 5 N–H and O–H groups in total.